The second-order valence-corrected chi connectivity index (χ2v) is 10.6. The van der Waals surface area contributed by atoms with Crippen LogP contribution in [-0.4, -0.2) is 23.0 Å². The van der Waals surface area contributed by atoms with Crippen molar-refractivity contribution in [3.8, 4) is 0 Å². The van der Waals surface area contributed by atoms with Crippen LogP contribution in [0.3, 0.4) is 0 Å². The van der Waals surface area contributed by atoms with Gasteiger partial charge in [-0.1, -0.05) is 91.8 Å². The second kappa shape index (κ2) is 9.18. The van der Waals surface area contributed by atoms with Crippen molar-refractivity contribution in [1.29, 1.82) is 0 Å². The number of anilines is 1. The zero-order valence-corrected chi connectivity index (χ0v) is 21.4. The first-order chi connectivity index (χ1) is 14.6. The van der Waals surface area contributed by atoms with E-state index in [9.17, 15) is 0 Å². The van der Waals surface area contributed by atoms with E-state index in [-0.39, 0.29) is 0 Å². The molecule has 0 spiro atoms. The normalized spacial score (nSPS) is 19.3. The molecule has 168 valence electrons. The maximum Gasteiger partial charge on any atom is 0.245 e. The van der Waals surface area contributed by atoms with Gasteiger partial charge in [-0.2, -0.15) is 0 Å². The number of nitrogens with zero attached hydrogens (tertiary/aromatic N) is 2. The third-order valence-electron chi connectivity index (χ3n) is 7.03. The van der Waals surface area contributed by atoms with Crippen LogP contribution in [0.15, 0.2) is 36.4 Å². The van der Waals surface area contributed by atoms with Crippen molar-refractivity contribution in [3.05, 3.63) is 58.7 Å². The Kier molecular flexibility index (Phi) is 6.98. The van der Waals surface area contributed by atoms with Crippen LogP contribution < -0.4 is 4.90 Å². The summed E-state index contributed by atoms with van der Waals surface area (Å²) in [5.41, 5.74) is 8.63. The highest BCUT2D eigenvalue weighted by Gasteiger charge is 2.41. The molecule has 2 nitrogen and oxygen atoms in total. The van der Waals surface area contributed by atoms with Gasteiger partial charge in [-0.25, -0.2) is 9.48 Å². The number of benzene rings is 2. The molecule has 2 aromatic carbocycles. The molecule has 0 unspecified atom stereocenters. The zero-order chi connectivity index (χ0) is 23.0. The van der Waals surface area contributed by atoms with Crippen LogP contribution in [-0.2, 0) is 0 Å². The molecular weight excluding hydrogens is 376 g/mol. The van der Waals surface area contributed by atoms with Gasteiger partial charge in [0.1, 0.15) is 23.5 Å². The van der Waals surface area contributed by atoms with Crippen LogP contribution in [0, 0.1) is 0 Å². The molecule has 0 N–H and O–H groups in total. The summed E-state index contributed by atoms with van der Waals surface area (Å²) in [6, 6.07) is 14.6. The number of para-hydroxylation sites is 2. The summed E-state index contributed by atoms with van der Waals surface area (Å²) in [5, 5.41) is 0. The van der Waals surface area contributed by atoms with Gasteiger partial charge in [0.25, 0.3) is 0 Å². The fraction of sp³-hybridized carbons (Fsp3) is 0.552. The molecule has 2 heteroatoms. The summed E-state index contributed by atoms with van der Waals surface area (Å²) in [4.78, 5) is 2.57. The third-order valence-corrected chi connectivity index (χ3v) is 7.03. The minimum atomic E-state index is 0.401. The molecule has 0 amide bonds. The molecule has 0 aliphatic carbocycles. The Hall–Kier alpha value is -2.09. The Morgan fingerprint density at radius 1 is 0.645 bits per heavy atom. The average molecular weight is 420 g/mol. The fourth-order valence-electron chi connectivity index (χ4n) is 4.95. The van der Waals surface area contributed by atoms with Crippen LogP contribution in [0.2, 0.25) is 0 Å². The van der Waals surface area contributed by atoms with Gasteiger partial charge in [-0.05, 0) is 37.5 Å². The van der Waals surface area contributed by atoms with Gasteiger partial charge in [-0.3, -0.25) is 0 Å². The SMILES string of the molecule is CC(C)c1cccc(C(C)C)c1N1C=[N+](c2c(C(C)C)cccc2C(C)C)[C@@H](C)[C@@H]1C. The topological polar surface area (TPSA) is 6.25 Å². The predicted octanol–water partition coefficient (Wildman–Crippen LogP) is 8.15. The van der Waals surface area contributed by atoms with Gasteiger partial charge in [0, 0.05) is 22.3 Å². The van der Waals surface area contributed by atoms with Gasteiger partial charge < -0.3 is 0 Å². The Balaban J connectivity index is 2.26. The molecule has 0 radical (unpaired) electrons. The van der Waals surface area contributed by atoms with E-state index in [0.717, 1.165) is 0 Å². The van der Waals surface area contributed by atoms with Gasteiger partial charge in [0.15, 0.2) is 0 Å². The van der Waals surface area contributed by atoms with Gasteiger partial charge >= 0.3 is 0 Å². The van der Waals surface area contributed by atoms with Crippen LogP contribution >= 0.6 is 0 Å². The average Bonchev–Trinajstić information content (AvgIpc) is 3.00. The zero-order valence-electron chi connectivity index (χ0n) is 21.4. The van der Waals surface area contributed by atoms with Crippen molar-refractivity contribution in [2.24, 2.45) is 0 Å². The van der Waals surface area contributed by atoms with Crippen LogP contribution in [0.4, 0.5) is 11.4 Å². The molecule has 0 saturated carbocycles. The largest absolute Gasteiger partial charge is 0.245 e. The predicted molar refractivity (Wildman–Crippen MR) is 137 cm³/mol. The second-order valence-electron chi connectivity index (χ2n) is 10.6. The van der Waals surface area contributed by atoms with Gasteiger partial charge in [0.05, 0.1) is 0 Å². The molecule has 1 heterocycles. The molecule has 1 aliphatic rings. The monoisotopic (exact) mass is 419 g/mol. The smallest absolute Gasteiger partial charge is 0.226 e. The standard InChI is InChI=1S/C29H43N2/c1-18(2)24-13-11-14-25(19(3)4)28(24)30-17-31(23(10)22(30)9)29-26(20(5)6)15-12-16-27(29)21(7)8/h11-23H,1-10H3/q+1/t22-,23-/m0/s1. The molecule has 2 aromatic rings. The molecule has 3 rings (SSSR count). The van der Waals surface area contributed by atoms with E-state index in [0.29, 0.717) is 35.8 Å². The Morgan fingerprint density at radius 3 is 1.42 bits per heavy atom. The van der Waals surface area contributed by atoms with E-state index in [1.807, 2.05) is 0 Å². The van der Waals surface area contributed by atoms with Crippen LogP contribution in [0.5, 0.6) is 0 Å². The Bertz CT molecular complexity index is 897. The lowest BCUT2D eigenvalue weighted by atomic mass is 9.91. The van der Waals surface area contributed by atoms with E-state index in [1.165, 1.54) is 33.6 Å². The first kappa shape index (κ1) is 23.6. The third kappa shape index (κ3) is 4.31. The van der Waals surface area contributed by atoms with E-state index in [2.05, 4.69) is 121 Å². The van der Waals surface area contributed by atoms with E-state index < -0.39 is 0 Å². The summed E-state index contributed by atoms with van der Waals surface area (Å²) >= 11 is 0. The van der Waals surface area contributed by atoms with Crippen molar-refractivity contribution in [1.82, 2.24) is 0 Å². The summed E-state index contributed by atoms with van der Waals surface area (Å²) < 4.78 is 2.57. The molecular formula is C29H43N2+. The Labute approximate surface area is 191 Å². The first-order valence-corrected chi connectivity index (χ1v) is 12.2. The fourth-order valence-corrected chi connectivity index (χ4v) is 4.95. The van der Waals surface area contributed by atoms with Gasteiger partial charge in [-0.15, -0.1) is 0 Å². The number of rotatable bonds is 6. The molecule has 31 heavy (non-hydrogen) atoms. The van der Waals surface area contributed by atoms with Crippen molar-refractivity contribution < 1.29 is 4.58 Å². The van der Waals surface area contributed by atoms with Crippen molar-refractivity contribution in [2.75, 3.05) is 4.90 Å². The lowest BCUT2D eigenvalue weighted by molar-refractivity contribution is -0.469. The summed E-state index contributed by atoms with van der Waals surface area (Å²) in [5.74, 6) is 1.97. The maximum atomic E-state index is 2.57. The molecule has 0 saturated heterocycles. The van der Waals surface area contributed by atoms with Crippen molar-refractivity contribution in [3.63, 3.8) is 0 Å². The summed E-state index contributed by atoms with van der Waals surface area (Å²) in [6.45, 7) is 23.3. The molecule has 1 aliphatic heterocycles. The lowest BCUT2D eigenvalue weighted by Gasteiger charge is -2.24. The Morgan fingerprint density at radius 2 is 1.03 bits per heavy atom. The first-order valence-electron chi connectivity index (χ1n) is 12.2. The van der Waals surface area contributed by atoms with E-state index >= 15 is 0 Å². The maximum absolute atomic E-state index is 2.57. The minimum Gasteiger partial charge on any atom is -0.226 e. The van der Waals surface area contributed by atoms with Crippen LogP contribution in [0.1, 0.15) is 115 Å². The van der Waals surface area contributed by atoms with Gasteiger partial charge in [0.2, 0.25) is 6.34 Å². The highest BCUT2D eigenvalue weighted by Crippen LogP contribution is 2.41. The molecule has 0 fully saturated rings. The highest BCUT2D eigenvalue weighted by molar-refractivity contribution is 5.84. The molecule has 0 bridgehead atoms. The number of hydrogen-bond donors (Lipinski definition) is 0. The lowest BCUT2D eigenvalue weighted by Crippen LogP contribution is -2.35. The summed E-state index contributed by atoms with van der Waals surface area (Å²) in [7, 11) is 0. The minimum absolute atomic E-state index is 0.401. The quantitative estimate of drug-likeness (QED) is 0.428. The summed E-state index contributed by atoms with van der Waals surface area (Å²) in [6.07, 6.45) is 2.41. The highest BCUT2D eigenvalue weighted by atomic mass is 15.3. The van der Waals surface area contributed by atoms with E-state index in [4.69, 9.17) is 0 Å². The van der Waals surface area contributed by atoms with E-state index in [1.54, 1.807) is 0 Å². The molecule has 2 atom stereocenters. The van der Waals surface area contributed by atoms with Crippen LogP contribution in [0.25, 0.3) is 0 Å². The van der Waals surface area contributed by atoms with Crippen molar-refractivity contribution >= 4 is 17.7 Å². The van der Waals surface area contributed by atoms with Crippen molar-refractivity contribution in [2.45, 2.75) is 105 Å². The molecule has 0 aromatic heterocycles. The number of hydrogen-bond acceptors (Lipinski definition) is 1.